The van der Waals surface area contributed by atoms with Crippen LogP contribution in [0.3, 0.4) is 0 Å². The molecule has 1 aliphatic heterocycles. The van der Waals surface area contributed by atoms with Gasteiger partial charge in [-0.15, -0.1) is 0 Å². The number of hydrogen-bond donors (Lipinski definition) is 0. The molecule has 0 saturated carbocycles. The molecular weight excluding hydrogens is 351 g/mol. The van der Waals surface area contributed by atoms with Gasteiger partial charge < -0.3 is 4.74 Å². The fraction of sp³-hybridized carbons (Fsp3) is 0.136. The van der Waals surface area contributed by atoms with Crippen molar-refractivity contribution in [2.24, 2.45) is 0 Å². The zero-order chi connectivity index (χ0) is 17.2. The van der Waals surface area contributed by atoms with Crippen molar-refractivity contribution in [1.82, 2.24) is 0 Å². The molecular formula is C22H17Cl2O. The van der Waals surface area contributed by atoms with Crippen LogP contribution in [0.25, 0.3) is 11.1 Å². The molecule has 0 aromatic heterocycles. The molecule has 1 unspecified atom stereocenters. The van der Waals surface area contributed by atoms with Crippen LogP contribution >= 0.6 is 23.2 Å². The van der Waals surface area contributed by atoms with Gasteiger partial charge in [-0.2, -0.15) is 0 Å². The molecule has 0 spiro atoms. The van der Waals surface area contributed by atoms with E-state index in [1.54, 1.807) is 6.07 Å². The molecule has 125 valence electrons. The molecule has 0 bridgehead atoms. The third kappa shape index (κ3) is 3.53. The lowest BCUT2D eigenvalue weighted by atomic mass is 9.99. The highest BCUT2D eigenvalue weighted by Crippen LogP contribution is 2.42. The smallest absolute Gasteiger partial charge is 0.130 e. The molecule has 25 heavy (non-hydrogen) atoms. The van der Waals surface area contributed by atoms with Gasteiger partial charge in [-0.25, -0.2) is 0 Å². The second-order valence-corrected chi connectivity index (χ2v) is 7.05. The zero-order valence-corrected chi connectivity index (χ0v) is 15.1. The molecule has 3 heteroatoms. The van der Waals surface area contributed by atoms with Crippen molar-refractivity contribution >= 4 is 23.2 Å². The Morgan fingerprint density at radius 3 is 2.56 bits per heavy atom. The van der Waals surface area contributed by atoms with Crippen LogP contribution in [-0.4, -0.2) is 6.10 Å². The summed E-state index contributed by atoms with van der Waals surface area (Å²) < 4.78 is 6.25. The minimum Gasteiger partial charge on any atom is -0.489 e. The van der Waals surface area contributed by atoms with Crippen LogP contribution in [0.1, 0.15) is 11.1 Å². The molecule has 3 aromatic rings. The monoisotopic (exact) mass is 367 g/mol. The van der Waals surface area contributed by atoms with Crippen molar-refractivity contribution in [3.63, 3.8) is 0 Å². The van der Waals surface area contributed by atoms with E-state index in [4.69, 9.17) is 27.9 Å². The first-order valence-electron chi connectivity index (χ1n) is 8.32. The molecule has 0 N–H and O–H groups in total. The van der Waals surface area contributed by atoms with Crippen molar-refractivity contribution in [3.8, 4) is 16.9 Å². The van der Waals surface area contributed by atoms with E-state index in [1.165, 1.54) is 11.1 Å². The Bertz CT molecular complexity index is 890. The predicted molar refractivity (Wildman–Crippen MR) is 104 cm³/mol. The highest BCUT2D eigenvalue weighted by atomic mass is 35.5. The van der Waals surface area contributed by atoms with Crippen LogP contribution in [0, 0.1) is 6.42 Å². The molecule has 0 amide bonds. The quantitative estimate of drug-likeness (QED) is 0.517. The fourth-order valence-corrected chi connectivity index (χ4v) is 3.74. The summed E-state index contributed by atoms with van der Waals surface area (Å²) in [6.07, 6.45) is 4.11. The Morgan fingerprint density at radius 2 is 1.76 bits per heavy atom. The molecule has 1 radical (unpaired) electrons. The summed E-state index contributed by atoms with van der Waals surface area (Å²) in [7, 11) is 0. The Morgan fingerprint density at radius 1 is 0.920 bits per heavy atom. The van der Waals surface area contributed by atoms with Gasteiger partial charge in [-0.05, 0) is 29.7 Å². The van der Waals surface area contributed by atoms with Gasteiger partial charge in [0, 0.05) is 29.0 Å². The Labute approximate surface area is 158 Å². The second kappa shape index (κ2) is 7.11. The molecule has 0 saturated heterocycles. The number of rotatable bonds is 4. The first-order valence-corrected chi connectivity index (χ1v) is 9.07. The van der Waals surface area contributed by atoms with Gasteiger partial charge in [-0.1, -0.05) is 77.8 Å². The number of hydrogen-bond acceptors (Lipinski definition) is 1. The minimum atomic E-state index is 0.0856. The average molecular weight is 368 g/mol. The molecule has 1 aliphatic rings. The molecule has 3 aromatic carbocycles. The summed E-state index contributed by atoms with van der Waals surface area (Å²) in [5.41, 5.74) is 4.49. The van der Waals surface area contributed by atoms with Gasteiger partial charge in [0.2, 0.25) is 0 Å². The van der Waals surface area contributed by atoms with Gasteiger partial charge in [0.1, 0.15) is 11.9 Å². The third-order valence-electron chi connectivity index (χ3n) is 4.47. The van der Waals surface area contributed by atoms with Crippen LogP contribution in [0.15, 0.2) is 66.7 Å². The van der Waals surface area contributed by atoms with E-state index in [0.717, 1.165) is 29.7 Å². The van der Waals surface area contributed by atoms with E-state index >= 15 is 0 Å². The van der Waals surface area contributed by atoms with Crippen LogP contribution in [-0.2, 0) is 12.8 Å². The number of fused-ring (bicyclic) bond motifs is 1. The summed E-state index contributed by atoms with van der Waals surface area (Å²) in [5.74, 6) is 0.932. The van der Waals surface area contributed by atoms with Gasteiger partial charge in [0.15, 0.2) is 0 Å². The molecule has 1 heterocycles. The summed E-state index contributed by atoms with van der Waals surface area (Å²) >= 11 is 12.4. The zero-order valence-electron chi connectivity index (χ0n) is 13.6. The molecule has 1 nitrogen and oxygen atoms in total. The number of para-hydroxylation sites is 1. The predicted octanol–water partition coefficient (Wildman–Crippen LogP) is 6.41. The maximum absolute atomic E-state index is 6.40. The summed E-state index contributed by atoms with van der Waals surface area (Å²) in [4.78, 5) is 0. The summed E-state index contributed by atoms with van der Waals surface area (Å²) in [6, 6.07) is 22.2. The van der Waals surface area contributed by atoms with Crippen molar-refractivity contribution < 1.29 is 4.74 Å². The van der Waals surface area contributed by atoms with Crippen LogP contribution < -0.4 is 4.74 Å². The van der Waals surface area contributed by atoms with E-state index < -0.39 is 0 Å². The van der Waals surface area contributed by atoms with Crippen molar-refractivity contribution in [1.29, 1.82) is 0 Å². The van der Waals surface area contributed by atoms with Crippen molar-refractivity contribution in [3.05, 3.63) is 94.3 Å². The van der Waals surface area contributed by atoms with E-state index in [1.807, 2.05) is 24.3 Å². The maximum Gasteiger partial charge on any atom is 0.130 e. The van der Waals surface area contributed by atoms with Crippen molar-refractivity contribution in [2.45, 2.75) is 18.9 Å². The largest absolute Gasteiger partial charge is 0.489 e. The first kappa shape index (κ1) is 16.5. The molecule has 4 rings (SSSR count). The van der Waals surface area contributed by atoms with Crippen molar-refractivity contribution in [2.75, 3.05) is 0 Å². The van der Waals surface area contributed by atoms with Crippen LogP contribution in [0.5, 0.6) is 5.75 Å². The second-order valence-electron chi connectivity index (χ2n) is 6.20. The van der Waals surface area contributed by atoms with E-state index in [0.29, 0.717) is 10.0 Å². The average Bonchev–Trinajstić information content (AvgIpc) is 3.04. The topological polar surface area (TPSA) is 9.23 Å². The standard InChI is InChI=1S/C22H17Cl2O/c23-17-10-12-19(21(24)14-17)20-8-4-7-16-13-18(25-22(16)20)11-9-15-5-2-1-3-6-15/h1-8,10-12,14,18H,9,13H2. The lowest BCUT2D eigenvalue weighted by molar-refractivity contribution is 0.264. The highest BCUT2D eigenvalue weighted by Gasteiger charge is 2.26. The first-order chi connectivity index (χ1) is 12.2. The normalized spacial score (nSPS) is 15.7. The molecule has 0 fully saturated rings. The Kier molecular flexibility index (Phi) is 4.70. The number of ether oxygens (including phenoxy) is 1. The van der Waals surface area contributed by atoms with Crippen LogP contribution in [0.4, 0.5) is 0 Å². The molecule has 1 atom stereocenters. The lowest BCUT2D eigenvalue weighted by Gasteiger charge is -2.13. The maximum atomic E-state index is 6.40. The molecule has 0 aliphatic carbocycles. The van der Waals surface area contributed by atoms with E-state index in [2.05, 4.69) is 42.8 Å². The van der Waals surface area contributed by atoms with Gasteiger partial charge in [-0.3, -0.25) is 0 Å². The van der Waals surface area contributed by atoms with E-state index in [-0.39, 0.29) is 6.10 Å². The summed E-state index contributed by atoms with van der Waals surface area (Å²) in [5, 5.41) is 1.28. The highest BCUT2D eigenvalue weighted by molar-refractivity contribution is 6.36. The van der Waals surface area contributed by atoms with Crippen LogP contribution in [0.2, 0.25) is 10.0 Å². The lowest BCUT2D eigenvalue weighted by Crippen LogP contribution is -2.14. The number of halogens is 2. The van der Waals surface area contributed by atoms with Gasteiger partial charge in [0.25, 0.3) is 0 Å². The number of benzene rings is 3. The SMILES string of the molecule is Clc1ccc(-c2cccc3c2OC([CH]Cc2ccccc2)C3)c(Cl)c1. The summed E-state index contributed by atoms with van der Waals surface area (Å²) in [6.45, 7) is 0. The third-order valence-corrected chi connectivity index (χ3v) is 5.02. The minimum absolute atomic E-state index is 0.0856. The fourth-order valence-electron chi connectivity index (χ4n) is 3.23. The Balaban J connectivity index is 1.55. The van der Waals surface area contributed by atoms with Gasteiger partial charge >= 0.3 is 0 Å². The van der Waals surface area contributed by atoms with E-state index in [9.17, 15) is 0 Å². The Hall–Kier alpha value is -1.96. The van der Waals surface area contributed by atoms with Gasteiger partial charge in [0.05, 0.1) is 5.02 Å².